The average molecular weight is 485 g/mol. The van der Waals surface area contributed by atoms with E-state index in [0.717, 1.165) is 44.9 Å². The average Bonchev–Trinajstić information content (AvgIpc) is 3.11. The molecule has 0 radical (unpaired) electrons. The number of hydrogen-bond acceptors (Lipinski definition) is 3. The molecule has 0 N–H and O–H groups in total. The van der Waals surface area contributed by atoms with Crippen molar-refractivity contribution in [2.24, 2.45) is 11.8 Å². The third-order valence-electron chi connectivity index (χ3n) is 6.41. The minimum Gasteiger partial charge on any atom is -0.465 e. The molecule has 0 aromatic heterocycles. The van der Waals surface area contributed by atoms with Crippen LogP contribution < -0.4 is 0 Å². The van der Waals surface area contributed by atoms with Crippen LogP contribution in [0.15, 0.2) is 0 Å². The molecule has 206 valence electrons. The fraction of sp³-hybridized carbons (Fsp3) is 0.968. The van der Waals surface area contributed by atoms with Crippen molar-refractivity contribution in [3.63, 3.8) is 0 Å². The lowest BCUT2D eigenvalue weighted by Crippen LogP contribution is -2.25. The van der Waals surface area contributed by atoms with Crippen molar-refractivity contribution in [1.29, 1.82) is 0 Å². The van der Waals surface area contributed by atoms with E-state index >= 15 is 0 Å². The molecular formula is C31H64O3. The summed E-state index contributed by atoms with van der Waals surface area (Å²) in [6.07, 6.45) is 19.2. The minimum absolute atomic E-state index is 0.0518. The smallest absolute Gasteiger partial charge is 0.308 e. The van der Waals surface area contributed by atoms with Gasteiger partial charge < -0.3 is 9.47 Å². The summed E-state index contributed by atoms with van der Waals surface area (Å²) >= 11 is 0. The predicted molar refractivity (Wildman–Crippen MR) is 150 cm³/mol. The summed E-state index contributed by atoms with van der Waals surface area (Å²) in [5.41, 5.74) is -0.0884. The highest BCUT2D eigenvalue weighted by molar-refractivity contribution is 5.72. The molecule has 2 unspecified atom stereocenters. The molecule has 1 fully saturated rings. The van der Waals surface area contributed by atoms with E-state index in [-0.39, 0.29) is 23.6 Å². The molecule has 0 aliphatic carbocycles. The second-order valence-electron chi connectivity index (χ2n) is 10.6. The van der Waals surface area contributed by atoms with Gasteiger partial charge in [-0.25, -0.2) is 0 Å². The van der Waals surface area contributed by atoms with Crippen LogP contribution in [0.4, 0.5) is 0 Å². The van der Waals surface area contributed by atoms with E-state index < -0.39 is 0 Å². The molecule has 1 heterocycles. The number of esters is 1. The number of unbranched alkanes of at least 4 members (excludes halogenated alkanes) is 8. The van der Waals surface area contributed by atoms with Gasteiger partial charge >= 0.3 is 5.97 Å². The maximum atomic E-state index is 12.9. The second kappa shape index (κ2) is 24.1. The summed E-state index contributed by atoms with van der Waals surface area (Å²) in [6, 6.07) is 0. The first-order chi connectivity index (χ1) is 16.3. The normalized spacial score (nSPS) is 18.6. The first-order valence-corrected chi connectivity index (χ1v) is 15.2. The molecule has 0 amide bonds. The van der Waals surface area contributed by atoms with Crippen molar-refractivity contribution in [2.45, 2.75) is 177 Å². The van der Waals surface area contributed by atoms with E-state index in [9.17, 15) is 4.79 Å². The van der Waals surface area contributed by atoms with Crippen LogP contribution in [-0.2, 0) is 14.3 Å². The topological polar surface area (TPSA) is 35.5 Å². The Morgan fingerprint density at radius 3 is 1.74 bits per heavy atom. The standard InChI is InChI=1S/C26H50O3.C3H8.C2H6/c1-6-9-11-13-15-18-22(19-16-14-12-10-7-2)25(27)28-21-23-20-26(4,5)29-24(23)17-8-3;1-3-2;1-2/h22-24H,6-21H2,1-5H3;3H2,1-2H3;1-2H3. The first kappa shape index (κ1) is 35.6. The van der Waals surface area contributed by atoms with Crippen molar-refractivity contribution < 1.29 is 14.3 Å². The van der Waals surface area contributed by atoms with Gasteiger partial charge in [0.25, 0.3) is 0 Å². The summed E-state index contributed by atoms with van der Waals surface area (Å²) in [7, 11) is 0. The fourth-order valence-corrected chi connectivity index (χ4v) is 4.74. The Hall–Kier alpha value is -0.570. The first-order valence-electron chi connectivity index (χ1n) is 15.2. The molecule has 34 heavy (non-hydrogen) atoms. The molecule has 1 saturated heterocycles. The Kier molecular flexibility index (Phi) is 25.3. The van der Waals surface area contributed by atoms with Gasteiger partial charge in [-0.15, -0.1) is 0 Å². The van der Waals surface area contributed by atoms with Gasteiger partial charge in [-0.1, -0.05) is 126 Å². The molecule has 1 rings (SSSR count). The maximum absolute atomic E-state index is 12.9. The van der Waals surface area contributed by atoms with Crippen LogP contribution in [0.3, 0.4) is 0 Å². The van der Waals surface area contributed by atoms with E-state index in [1.165, 1.54) is 57.8 Å². The van der Waals surface area contributed by atoms with Gasteiger partial charge in [0, 0.05) is 5.92 Å². The highest BCUT2D eigenvalue weighted by Gasteiger charge is 2.40. The largest absolute Gasteiger partial charge is 0.465 e. The van der Waals surface area contributed by atoms with E-state index in [4.69, 9.17) is 9.47 Å². The zero-order chi connectivity index (χ0) is 26.2. The Morgan fingerprint density at radius 1 is 0.824 bits per heavy atom. The van der Waals surface area contributed by atoms with Crippen LogP contribution in [0.5, 0.6) is 0 Å². The van der Waals surface area contributed by atoms with Crippen LogP contribution >= 0.6 is 0 Å². The maximum Gasteiger partial charge on any atom is 0.308 e. The van der Waals surface area contributed by atoms with E-state index in [1.807, 2.05) is 13.8 Å². The van der Waals surface area contributed by atoms with E-state index in [1.54, 1.807) is 0 Å². The Labute approximate surface area is 215 Å². The summed E-state index contributed by atoms with van der Waals surface area (Å²) in [6.45, 7) is 19.8. The molecule has 3 nitrogen and oxygen atoms in total. The summed E-state index contributed by atoms with van der Waals surface area (Å²) in [5, 5.41) is 0. The second-order valence-corrected chi connectivity index (χ2v) is 10.6. The zero-order valence-corrected chi connectivity index (χ0v) is 25.0. The Balaban J connectivity index is 0. The van der Waals surface area contributed by atoms with Gasteiger partial charge in [0.2, 0.25) is 0 Å². The summed E-state index contributed by atoms with van der Waals surface area (Å²) in [4.78, 5) is 12.9. The molecule has 0 saturated carbocycles. The van der Waals surface area contributed by atoms with Gasteiger partial charge in [-0.3, -0.25) is 4.79 Å². The van der Waals surface area contributed by atoms with Gasteiger partial charge in [-0.05, 0) is 39.5 Å². The Bertz CT molecular complexity index is 418. The van der Waals surface area contributed by atoms with Gasteiger partial charge in [0.05, 0.1) is 24.2 Å². The van der Waals surface area contributed by atoms with E-state index in [2.05, 4.69) is 48.5 Å². The molecule has 1 aliphatic heterocycles. The van der Waals surface area contributed by atoms with Crippen molar-refractivity contribution >= 4 is 5.97 Å². The highest BCUT2D eigenvalue weighted by Crippen LogP contribution is 2.37. The summed E-state index contributed by atoms with van der Waals surface area (Å²) in [5.74, 6) is 0.498. The van der Waals surface area contributed by atoms with Crippen LogP contribution in [-0.4, -0.2) is 24.3 Å². The van der Waals surface area contributed by atoms with Crippen molar-refractivity contribution in [2.75, 3.05) is 6.61 Å². The molecule has 2 atom stereocenters. The monoisotopic (exact) mass is 484 g/mol. The number of rotatable bonds is 17. The third-order valence-corrected chi connectivity index (χ3v) is 6.41. The van der Waals surface area contributed by atoms with Crippen LogP contribution in [0.1, 0.15) is 165 Å². The lowest BCUT2D eigenvalue weighted by atomic mass is 9.92. The predicted octanol–water partition coefficient (Wildman–Crippen LogP) is 10.3. The molecular weight excluding hydrogens is 420 g/mol. The van der Waals surface area contributed by atoms with Crippen molar-refractivity contribution in [3.8, 4) is 0 Å². The lowest BCUT2D eigenvalue weighted by molar-refractivity contribution is -0.151. The van der Waals surface area contributed by atoms with Gasteiger partial charge in [-0.2, -0.15) is 0 Å². The highest BCUT2D eigenvalue weighted by atomic mass is 16.5. The van der Waals surface area contributed by atoms with Crippen LogP contribution in [0, 0.1) is 11.8 Å². The molecule has 3 heteroatoms. The zero-order valence-electron chi connectivity index (χ0n) is 25.0. The molecule has 1 aliphatic rings. The van der Waals surface area contributed by atoms with Crippen LogP contribution in [0.2, 0.25) is 0 Å². The SMILES string of the molecule is CC.CCC.CCCCCCCC(CCCCCCC)C(=O)OCC1CC(C)(C)OC1CCC. The molecule has 0 spiro atoms. The van der Waals surface area contributed by atoms with Crippen LogP contribution in [0.25, 0.3) is 0 Å². The summed E-state index contributed by atoms with van der Waals surface area (Å²) < 4.78 is 12.1. The van der Waals surface area contributed by atoms with E-state index in [0.29, 0.717) is 12.5 Å². The molecule has 0 aromatic carbocycles. The number of ether oxygens (including phenoxy) is 2. The minimum atomic E-state index is -0.0884. The Morgan fingerprint density at radius 2 is 1.29 bits per heavy atom. The fourth-order valence-electron chi connectivity index (χ4n) is 4.74. The quantitative estimate of drug-likeness (QED) is 0.152. The van der Waals surface area contributed by atoms with Gasteiger partial charge in [0.1, 0.15) is 0 Å². The number of hydrogen-bond donors (Lipinski definition) is 0. The molecule has 0 bridgehead atoms. The molecule has 0 aromatic rings. The van der Waals surface area contributed by atoms with Crippen molar-refractivity contribution in [3.05, 3.63) is 0 Å². The lowest BCUT2D eigenvalue weighted by Gasteiger charge is -2.21. The van der Waals surface area contributed by atoms with Gasteiger partial charge in [0.15, 0.2) is 0 Å². The number of carbonyl (C=O) groups excluding carboxylic acids is 1. The van der Waals surface area contributed by atoms with Crippen molar-refractivity contribution in [1.82, 2.24) is 0 Å². The number of carbonyl (C=O) groups is 1. The third kappa shape index (κ3) is 18.7.